The highest BCUT2D eigenvalue weighted by Gasteiger charge is 2.16. The molecule has 0 unspecified atom stereocenters. The van der Waals surface area contributed by atoms with E-state index < -0.39 is 0 Å². The smallest absolute Gasteiger partial charge is 0.256 e. The summed E-state index contributed by atoms with van der Waals surface area (Å²) in [7, 11) is 0. The zero-order chi connectivity index (χ0) is 19.9. The molecule has 1 aliphatic carbocycles. The number of para-hydroxylation sites is 2. The van der Waals surface area contributed by atoms with Gasteiger partial charge in [-0.05, 0) is 49.1 Å². The minimum atomic E-state index is -0.242. The van der Waals surface area contributed by atoms with Crippen molar-refractivity contribution in [1.82, 2.24) is 0 Å². The van der Waals surface area contributed by atoms with Crippen LogP contribution in [0.3, 0.4) is 0 Å². The third-order valence-electron chi connectivity index (χ3n) is 5.48. The van der Waals surface area contributed by atoms with Gasteiger partial charge in [0, 0.05) is 17.7 Å². The van der Waals surface area contributed by atoms with E-state index in [2.05, 4.69) is 10.6 Å². The first-order chi connectivity index (χ1) is 13.5. The fraction of sp³-hybridized carbons (Fsp3) is 0.391. The van der Waals surface area contributed by atoms with Crippen LogP contribution in [0.4, 0.5) is 17.1 Å². The summed E-state index contributed by atoms with van der Waals surface area (Å²) < 4.78 is 0. The molecule has 2 aromatic rings. The Labute approximate surface area is 166 Å². The zero-order valence-electron chi connectivity index (χ0n) is 16.5. The molecule has 0 spiro atoms. The summed E-state index contributed by atoms with van der Waals surface area (Å²) in [4.78, 5) is 25.0. The highest BCUT2D eigenvalue weighted by molar-refractivity contribution is 6.07. The van der Waals surface area contributed by atoms with Gasteiger partial charge in [0.25, 0.3) is 5.91 Å². The summed E-state index contributed by atoms with van der Waals surface area (Å²) in [5.41, 5.74) is 9.00. The lowest BCUT2D eigenvalue weighted by molar-refractivity contribution is -0.116. The summed E-state index contributed by atoms with van der Waals surface area (Å²) in [5, 5.41) is 5.77. The van der Waals surface area contributed by atoms with Crippen LogP contribution in [-0.4, -0.2) is 11.8 Å². The predicted octanol–water partition coefficient (Wildman–Crippen LogP) is 5.13. The van der Waals surface area contributed by atoms with E-state index in [0.29, 0.717) is 35.0 Å². The van der Waals surface area contributed by atoms with Crippen LogP contribution in [-0.2, 0) is 4.79 Å². The lowest BCUT2D eigenvalue weighted by Crippen LogP contribution is -2.17. The molecule has 0 saturated heterocycles. The zero-order valence-corrected chi connectivity index (χ0v) is 16.5. The predicted molar refractivity (Wildman–Crippen MR) is 114 cm³/mol. The largest absolute Gasteiger partial charge is 0.397 e. The quantitative estimate of drug-likeness (QED) is 0.608. The lowest BCUT2D eigenvalue weighted by atomic mass is 9.86. The molecule has 1 fully saturated rings. The fourth-order valence-corrected chi connectivity index (χ4v) is 3.78. The minimum Gasteiger partial charge on any atom is -0.397 e. The molecule has 0 atom stereocenters. The van der Waals surface area contributed by atoms with E-state index in [0.717, 1.165) is 12.0 Å². The van der Waals surface area contributed by atoms with Crippen molar-refractivity contribution in [2.45, 2.75) is 51.9 Å². The van der Waals surface area contributed by atoms with Crippen LogP contribution in [0.2, 0.25) is 0 Å². The summed E-state index contributed by atoms with van der Waals surface area (Å²) >= 11 is 0. The average molecular weight is 380 g/mol. The van der Waals surface area contributed by atoms with Gasteiger partial charge in [-0.2, -0.15) is 0 Å². The van der Waals surface area contributed by atoms with Crippen LogP contribution < -0.4 is 16.4 Å². The second-order valence-corrected chi connectivity index (χ2v) is 7.66. The molecule has 148 valence electrons. The van der Waals surface area contributed by atoms with Crippen molar-refractivity contribution < 1.29 is 9.59 Å². The first kappa shape index (κ1) is 19.9. The van der Waals surface area contributed by atoms with Gasteiger partial charge < -0.3 is 16.4 Å². The second-order valence-electron chi connectivity index (χ2n) is 7.66. The lowest BCUT2D eigenvalue weighted by Gasteiger charge is -2.21. The Bertz CT molecular complexity index is 841. The van der Waals surface area contributed by atoms with Gasteiger partial charge in [-0.25, -0.2) is 0 Å². The number of rotatable bonds is 6. The van der Waals surface area contributed by atoms with Crippen LogP contribution in [0.25, 0.3) is 0 Å². The van der Waals surface area contributed by atoms with Gasteiger partial charge in [0.1, 0.15) is 0 Å². The number of amides is 2. The Kier molecular flexibility index (Phi) is 6.69. The molecule has 28 heavy (non-hydrogen) atoms. The summed E-state index contributed by atoms with van der Waals surface area (Å²) in [5.74, 6) is 0.442. The fourth-order valence-electron chi connectivity index (χ4n) is 3.78. The molecule has 5 nitrogen and oxygen atoms in total. The van der Waals surface area contributed by atoms with E-state index >= 15 is 0 Å². The monoisotopic (exact) mass is 379 g/mol. The number of anilines is 3. The maximum Gasteiger partial charge on any atom is 0.256 e. The molecular weight excluding hydrogens is 350 g/mol. The Hall–Kier alpha value is -2.82. The van der Waals surface area contributed by atoms with Crippen molar-refractivity contribution in [1.29, 1.82) is 0 Å². The van der Waals surface area contributed by atoms with Crippen LogP contribution in [0.1, 0.15) is 60.9 Å². The summed E-state index contributed by atoms with van der Waals surface area (Å²) in [6.45, 7) is 1.87. The van der Waals surface area contributed by atoms with E-state index in [1.807, 2.05) is 31.2 Å². The third kappa shape index (κ3) is 5.35. The highest BCUT2D eigenvalue weighted by Crippen LogP contribution is 2.27. The number of nitrogen functional groups attached to an aromatic ring is 1. The Morgan fingerprint density at radius 1 is 1.04 bits per heavy atom. The summed E-state index contributed by atoms with van der Waals surface area (Å²) in [6, 6.07) is 12.6. The van der Waals surface area contributed by atoms with E-state index in [1.54, 1.807) is 18.2 Å². The van der Waals surface area contributed by atoms with Crippen molar-refractivity contribution in [2.75, 3.05) is 16.4 Å². The van der Waals surface area contributed by atoms with E-state index in [4.69, 9.17) is 5.73 Å². The molecule has 0 bridgehead atoms. The standard InChI is InChI=1S/C23H29N3O2/c1-16-11-13-18(25-22(27)14-12-17-7-3-2-4-8-17)15-19(16)23(28)26-21-10-6-5-9-20(21)24/h5-6,9-11,13,15,17H,2-4,7-8,12,14,24H2,1H3,(H,25,27)(H,26,28). The number of hydrogen-bond acceptors (Lipinski definition) is 3. The normalized spacial score (nSPS) is 14.5. The molecule has 4 N–H and O–H groups in total. The van der Waals surface area contributed by atoms with E-state index in [1.165, 1.54) is 32.1 Å². The number of nitrogens with one attached hydrogen (secondary N) is 2. The molecular formula is C23H29N3O2. The van der Waals surface area contributed by atoms with Crippen molar-refractivity contribution >= 4 is 28.9 Å². The van der Waals surface area contributed by atoms with Gasteiger partial charge in [-0.1, -0.05) is 50.3 Å². The number of aryl methyl sites for hydroxylation is 1. The van der Waals surface area contributed by atoms with Crippen LogP contribution in [0, 0.1) is 12.8 Å². The number of carbonyl (C=O) groups excluding carboxylic acids is 2. The minimum absolute atomic E-state index is 0.00749. The average Bonchev–Trinajstić information content (AvgIpc) is 2.70. The topological polar surface area (TPSA) is 84.2 Å². The molecule has 3 rings (SSSR count). The molecule has 1 saturated carbocycles. The number of carbonyl (C=O) groups is 2. The highest BCUT2D eigenvalue weighted by atomic mass is 16.2. The van der Waals surface area contributed by atoms with Crippen LogP contribution in [0.5, 0.6) is 0 Å². The molecule has 2 aromatic carbocycles. The molecule has 0 heterocycles. The molecule has 1 aliphatic rings. The number of nitrogens with two attached hydrogens (primary N) is 1. The van der Waals surface area contributed by atoms with Crippen molar-refractivity contribution in [3.8, 4) is 0 Å². The van der Waals surface area contributed by atoms with Gasteiger partial charge in [0.2, 0.25) is 5.91 Å². The second kappa shape index (κ2) is 9.40. The molecule has 0 aliphatic heterocycles. The van der Waals surface area contributed by atoms with Gasteiger partial charge in [0.05, 0.1) is 11.4 Å². The molecule has 0 radical (unpaired) electrons. The van der Waals surface area contributed by atoms with Crippen molar-refractivity contribution in [3.63, 3.8) is 0 Å². The Morgan fingerprint density at radius 2 is 1.79 bits per heavy atom. The third-order valence-corrected chi connectivity index (χ3v) is 5.48. The SMILES string of the molecule is Cc1ccc(NC(=O)CCC2CCCCC2)cc1C(=O)Nc1ccccc1N. The summed E-state index contributed by atoms with van der Waals surface area (Å²) in [6.07, 6.45) is 7.85. The van der Waals surface area contributed by atoms with Gasteiger partial charge >= 0.3 is 0 Å². The first-order valence-electron chi connectivity index (χ1n) is 10.1. The first-order valence-corrected chi connectivity index (χ1v) is 10.1. The maximum atomic E-state index is 12.7. The van der Waals surface area contributed by atoms with E-state index in [-0.39, 0.29) is 11.8 Å². The number of benzene rings is 2. The van der Waals surface area contributed by atoms with E-state index in [9.17, 15) is 9.59 Å². The van der Waals surface area contributed by atoms with Gasteiger partial charge in [0.15, 0.2) is 0 Å². The number of hydrogen-bond donors (Lipinski definition) is 3. The van der Waals surface area contributed by atoms with Crippen LogP contribution in [0.15, 0.2) is 42.5 Å². The Balaban J connectivity index is 1.61. The van der Waals surface area contributed by atoms with Gasteiger partial charge in [-0.3, -0.25) is 9.59 Å². The molecule has 2 amide bonds. The van der Waals surface area contributed by atoms with Gasteiger partial charge in [-0.15, -0.1) is 0 Å². The molecule has 5 heteroatoms. The van der Waals surface area contributed by atoms with Crippen molar-refractivity contribution in [3.05, 3.63) is 53.6 Å². The maximum absolute atomic E-state index is 12.7. The van der Waals surface area contributed by atoms with Crippen molar-refractivity contribution in [2.24, 2.45) is 5.92 Å². The van der Waals surface area contributed by atoms with Crippen LogP contribution >= 0.6 is 0 Å². The Morgan fingerprint density at radius 3 is 2.54 bits per heavy atom. The molecule has 0 aromatic heterocycles.